The highest BCUT2D eigenvalue weighted by Crippen LogP contribution is 2.23. The number of carbonyl (C=O) groups excluding carboxylic acids is 4. The number of guanidine groups is 2. The number of aliphatic imine (C=N–C) groups is 2. The molecular weight excluding hydrogens is 668 g/mol. The number of ether oxygens (including phenoxy) is 4. The van der Waals surface area contributed by atoms with E-state index < -0.39 is 46.8 Å². The number of rotatable bonds is 5. The number of hydrogen-bond donors (Lipinski definition) is 2. The van der Waals surface area contributed by atoms with Gasteiger partial charge in [-0.25, -0.2) is 39.0 Å². The zero-order valence-electron chi connectivity index (χ0n) is 32.5. The number of amides is 4. The molecule has 0 radical (unpaired) electrons. The van der Waals surface area contributed by atoms with Crippen LogP contribution in [0.3, 0.4) is 0 Å². The lowest BCUT2D eigenvalue weighted by Gasteiger charge is -2.27. The Hall–Kier alpha value is -5.14. The van der Waals surface area contributed by atoms with E-state index in [9.17, 15) is 19.2 Å². The predicted molar refractivity (Wildman–Crippen MR) is 199 cm³/mol. The normalized spacial score (nSPS) is 13.6. The van der Waals surface area contributed by atoms with E-state index in [1.165, 1.54) is 9.80 Å². The van der Waals surface area contributed by atoms with Crippen LogP contribution in [0, 0.1) is 0 Å². The molecule has 1 saturated heterocycles. The molecule has 0 spiro atoms. The molecule has 3 rings (SSSR count). The maximum Gasteiger partial charge on any atom is 0.417 e. The molecular formula is C38H54N6O8. The first-order valence-corrected chi connectivity index (χ1v) is 17.2. The Bertz CT molecular complexity index is 1570. The monoisotopic (exact) mass is 722 g/mol. The summed E-state index contributed by atoms with van der Waals surface area (Å²) < 4.78 is 21.8. The molecule has 2 aromatic carbocycles. The van der Waals surface area contributed by atoms with Crippen LogP contribution in [0.15, 0.2) is 58.5 Å². The van der Waals surface area contributed by atoms with Crippen molar-refractivity contribution in [1.82, 2.24) is 20.4 Å². The number of alkyl carbamates (subject to hydrolysis) is 2. The zero-order chi connectivity index (χ0) is 39.1. The van der Waals surface area contributed by atoms with Crippen LogP contribution >= 0.6 is 0 Å². The first kappa shape index (κ1) is 41.3. The first-order valence-electron chi connectivity index (χ1n) is 17.2. The lowest BCUT2D eigenvalue weighted by Crippen LogP contribution is -2.47. The smallest absolute Gasteiger partial charge is 0.417 e. The molecule has 14 nitrogen and oxygen atoms in total. The van der Waals surface area contributed by atoms with E-state index in [0.29, 0.717) is 11.4 Å². The number of aryl methyl sites for hydroxylation is 2. The summed E-state index contributed by atoms with van der Waals surface area (Å²) in [6.07, 6.45) is -1.31. The topological polar surface area (TPSA) is 160 Å². The van der Waals surface area contributed by atoms with Crippen LogP contribution in [0.2, 0.25) is 0 Å². The van der Waals surface area contributed by atoms with Gasteiger partial charge < -0.3 is 18.9 Å². The van der Waals surface area contributed by atoms with E-state index in [4.69, 9.17) is 18.9 Å². The molecule has 0 atom stereocenters. The second kappa shape index (κ2) is 16.5. The minimum atomic E-state index is -0.777. The van der Waals surface area contributed by atoms with E-state index in [1.54, 1.807) is 95.2 Å². The van der Waals surface area contributed by atoms with Crippen LogP contribution in [0.4, 0.5) is 30.6 Å². The van der Waals surface area contributed by atoms with Crippen molar-refractivity contribution < 1.29 is 38.1 Å². The van der Waals surface area contributed by atoms with Crippen molar-refractivity contribution >= 4 is 47.7 Å². The van der Waals surface area contributed by atoms with Gasteiger partial charge in [0.25, 0.3) is 0 Å². The second-order valence-electron chi connectivity index (χ2n) is 16.2. The van der Waals surface area contributed by atoms with Crippen molar-refractivity contribution in [2.75, 3.05) is 13.1 Å². The summed E-state index contributed by atoms with van der Waals surface area (Å²) >= 11 is 0. The average molecular weight is 723 g/mol. The quantitative estimate of drug-likeness (QED) is 0.178. The van der Waals surface area contributed by atoms with E-state index >= 15 is 0 Å². The Morgan fingerprint density at radius 2 is 0.904 bits per heavy atom. The highest BCUT2D eigenvalue weighted by molar-refractivity contribution is 6.04. The molecule has 14 heteroatoms. The van der Waals surface area contributed by atoms with Gasteiger partial charge in [0.1, 0.15) is 22.4 Å². The van der Waals surface area contributed by atoms with Gasteiger partial charge in [0, 0.05) is 0 Å². The van der Waals surface area contributed by atoms with Crippen LogP contribution in [-0.4, -0.2) is 81.6 Å². The third-order valence-corrected chi connectivity index (χ3v) is 6.54. The summed E-state index contributed by atoms with van der Waals surface area (Å²) in [6, 6.07) is 14.9. The Morgan fingerprint density at radius 3 is 1.25 bits per heavy atom. The summed E-state index contributed by atoms with van der Waals surface area (Å²) in [6.45, 7) is 21.5. The minimum Gasteiger partial charge on any atom is -0.444 e. The highest BCUT2D eigenvalue weighted by Gasteiger charge is 2.39. The fraction of sp³-hybridized carbons (Fsp3) is 0.526. The third-order valence-electron chi connectivity index (χ3n) is 6.54. The van der Waals surface area contributed by atoms with Crippen molar-refractivity contribution in [2.24, 2.45) is 9.98 Å². The fourth-order valence-electron chi connectivity index (χ4n) is 4.54. The van der Waals surface area contributed by atoms with Crippen LogP contribution in [0.5, 0.6) is 0 Å². The van der Waals surface area contributed by atoms with Gasteiger partial charge in [-0.3, -0.25) is 10.6 Å². The Labute approximate surface area is 306 Å². The van der Waals surface area contributed by atoms with Gasteiger partial charge in [-0.2, -0.15) is 0 Å². The molecule has 4 amide bonds. The molecule has 0 bridgehead atoms. The van der Waals surface area contributed by atoms with Crippen LogP contribution in [0.1, 0.15) is 94.2 Å². The van der Waals surface area contributed by atoms with Crippen molar-refractivity contribution in [2.45, 2.75) is 118 Å². The van der Waals surface area contributed by atoms with Crippen LogP contribution in [-0.2, 0) is 31.8 Å². The van der Waals surface area contributed by atoms with Crippen LogP contribution < -0.4 is 10.6 Å². The Morgan fingerprint density at radius 1 is 0.558 bits per heavy atom. The molecule has 1 aliphatic rings. The summed E-state index contributed by atoms with van der Waals surface area (Å²) in [5.41, 5.74) is 0.183. The SMILES string of the molecule is CC(C)(C)OC(=O)NC(=Nc1ccc(CCc2ccc(N=C3N(C(=O)OC(C)(C)C)CCN3C(=O)OC(C)(C)C)cc2)cc1)NC(=O)OC(C)(C)C. The summed E-state index contributed by atoms with van der Waals surface area (Å²) in [4.78, 5) is 62.7. The second-order valence-corrected chi connectivity index (χ2v) is 16.2. The van der Waals surface area contributed by atoms with E-state index in [1.807, 2.05) is 36.4 Å². The molecule has 1 fully saturated rings. The maximum atomic E-state index is 13.0. The number of nitrogens with zero attached hydrogens (tertiary/aromatic N) is 4. The number of carbonyl (C=O) groups is 4. The molecule has 1 aliphatic heterocycles. The molecule has 2 N–H and O–H groups in total. The maximum absolute atomic E-state index is 13.0. The van der Waals surface area contributed by atoms with Gasteiger partial charge in [-0.05, 0) is 131 Å². The average Bonchev–Trinajstić information content (AvgIpc) is 3.37. The highest BCUT2D eigenvalue weighted by atomic mass is 16.6. The predicted octanol–water partition coefficient (Wildman–Crippen LogP) is 7.98. The molecule has 284 valence electrons. The molecule has 1 heterocycles. The molecule has 0 saturated carbocycles. The van der Waals surface area contributed by atoms with E-state index in [-0.39, 0.29) is 25.0 Å². The Kier molecular flexibility index (Phi) is 13.1. The molecule has 52 heavy (non-hydrogen) atoms. The molecule has 0 aliphatic carbocycles. The summed E-state index contributed by atoms with van der Waals surface area (Å²) in [5, 5.41) is 4.95. The standard InChI is InChI=1S/C38H54N6O8/c1-35(2,3)49-31(45)41-29(42-32(46)50-36(4,5)6)39-27-19-15-25(16-20-27)13-14-26-17-21-28(22-18-26)40-30-43(33(47)51-37(7,8)9)23-24-44(30)34(48)52-38(10,11)12/h15-22H,13-14,23-24H2,1-12H3,(H2,39,41,42,45,46). The number of hydrogen-bond acceptors (Lipinski definition) is 10. The summed E-state index contributed by atoms with van der Waals surface area (Å²) in [5.74, 6) is 0.00527. The van der Waals surface area contributed by atoms with Crippen molar-refractivity contribution in [3.8, 4) is 0 Å². The van der Waals surface area contributed by atoms with Crippen molar-refractivity contribution in [3.05, 3.63) is 59.7 Å². The largest absolute Gasteiger partial charge is 0.444 e. The van der Waals surface area contributed by atoms with Gasteiger partial charge in [0.15, 0.2) is 0 Å². The molecule has 2 aromatic rings. The fourth-order valence-corrected chi connectivity index (χ4v) is 4.54. The van der Waals surface area contributed by atoms with Gasteiger partial charge in [-0.1, -0.05) is 24.3 Å². The minimum absolute atomic E-state index is 0.138. The number of nitrogens with one attached hydrogen (secondary N) is 2. The van der Waals surface area contributed by atoms with Gasteiger partial charge >= 0.3 is 24.4 Å². The zero-order valence-corrected chi connectivity index (χ0v) is 32.5. The lowest BCUT2D eigenvalue weighted by molar-refractivity contribution is 0.0371. The molecule has 0 aromatic heterocycles. The van der Waals surface area contributed by atoms with E-state index in [2.05, 4.69) is 20.6 Å². The molecule has 0 unspecified atom stereocenters. The van der Waals surface area contributed by atoms with Crippen molar-refractivity contribution in [3.63, 3.8) is 0 Å². The van der Waals surface area contributed by atoms with Gasteiger partial charge in [0.05, 0.1) is 24.5 Å². The Balaban J connectivity index is 1.73. The van der Waals surface area contributed by atoms with Gasteiger partial charge in [0.2, 0.25) is 11.9 Å². The van der Waals surface area contributed by atoms with Gasteiger partial charge in [-0.15, -0.1) is 0 Å². The third kappa shape index (κ3) is 14.6. The lowest BCUT2D eigenvalue weighted by atomic mass is 10.0. The van der Waals surface area contributed by atoms with Crippen LogP contribution in [0.25, 0.3) is 0 Å². The van der Waals surface area contributed by atoms with E-state index in [0.717, 1.165) is 24.0 Å². The first-order chi connectivity index (χ1) is 23.9. The number of benzene rings is 2. The van der Waals surface area contributed by atoms with Crippen molar-refractivity contribution in [1.29, 1.82) is 0 Å². The summed E-state index contributed by atoms with van der Waals surface area (Å²) in [7, 11) is 0.